The van der Waals surface area contributed by atoms with Crippen molar-refractivity contribution in [2.45, 2.75) is 0 Å². The second kappa shape index (κ2) is 10.5. The Kier molecular flexibility index (Phi) is 29.7. The largest absolute Gasteiger partial charge is 0.412 e. The second-order valence-corrected chi connectivity index (χ2v) is 2.65. The van der Waals surface area contributed by atoms with Crippen molar-refractivity contribution in [1.82, 2.24) is 0 Å². The van der Waals surface area contributed by atoms with E-state index in [1.165, 1.54) is 0 Å². The van der Waals surface area contributed by atoms with Crippen LogP contribution in [0.5, 0.6) is 0 Å². The summed E-state index contributed by atoms with van der Waals surface area (Å²) in [5.74, 6) is 0. The molecule has 0 heterocycles. The molecule has 0 saturated carbocycles. The maximum Gasteiger partial charge on any atom is 0.263 e. The van der Waals surface area contributed by atoms with E-state index in [9.17, 15) is 0 Å². The Labute approximate surface area is 138 Å². The molecule has 0 rings (SSSR count). The van der Waals surface area contributed by atoms with Gasteiger partial charge in [0.15, 0.2) is 0 Å². The Morgan fingerprint density at radius 3 is 1.25 bits per heavy atom. The molecule has 0 fully saturated rings. The monoisotopic (exact) mass is 210 g/mol. The van der Waals surface area contributed by atoms with Crippen LogP contribution in [0.4, 0.5) is 0 Å². The molecule has 0 aromatic carbocycles. The van der Waals surface area contributed by atoms with E-state index in [4.69, 9.17) is 13.3 Å². The zero-order valence-corrected chi connectivity index (χ0v) is 12.5. The van der Waals surface area contributed by atoms with Gasteiger partial charge < -0.3 is 5.48 Å². The molecule has 0 spiro atoms. The van der Waals surface area contributed by atoms with Gasteiger partial charge in [-0.3, -0.25) is 9.11 Å². The molecule has 0 amide bonds. The second-order valence-electron chi connectivity index (χ2n) is 0.448. The van der Waals surface area contributed by atoms with Gasteiger partial charge in [0.25, 0.3) is 9.05 Å². The van der Waals surface area contributed by atoms with Crippen LogP contribution in [0.15, 0.2) is 0 Å². The van der Waals surface area contributed by atoms with E-state index >= 15 is 0 Å². The maximum absolute atomic E-state index is 9.11. The van der Waals surface area contributed by atoms with Gasteiger partial charge in [0.2, 0.25) is 0 Å². The molecule has 2 radical (unpaired) electrons. The van der Waals surface area contributed by atoms with E-state index < -0.39 is 9.05 Å². The van der Waals surface area contributed by atoms with Crippen molar-refractivity contribution in [2.24, 2.45) is 0 Å². The van der Waals surface area contributed by atoms with Crippen molar-refractivity contribution in [3.05, 3.63) is 0 Å². The zero-order valence-electron chi connectivity index (χ0n) is 4.62. The molecule has 0 bridgehead atoms. The fraction of sp³-hybridized carbons (Fsp3) is 0. The van der Waals surface area contributed by atoms with E-state index in [1.54, 1.807) is 0 Å². The molecule has 4 nitrogen and oxygen atoms in total. The van der Waals surface area contributed by atoms with E-state index in [-0.39, 0.29) is 108 Å². The topological polar surface area (TPSA) is 89.0 Å². The summed E-state index contributed by atoms with van der Waals surface area (Å²) in [5, 5.41) is 0. The van der Waals surface area contributed by atoms with Crippen LogP contribution in [0.2, 0.25) is 0 Å². The minimum atomic E-state index is -3.83. The minimum Gasteiger partial charge on any atom is -0.412 e. The molecule has 0 aromatic heterocycles. The first-order chi connectivity index (χ1) is 2.00. The van der Waals surface area contributed by atoms with Crippen molar-refractivity contribution in [1.29, 1.82) is 0 Å². The Bertz CT molecular complexity index is 95.2. The van der Waals surface area contributed by atoms with Gasteiger partial charge in [-0.2, -0.15) is 4.21 Å². The fourth-order valence-electron chi connectivity index (χ4n) is 0. The standard InChI is InChI=1S/2K.H2O3S2.H2O/c;;1-5(2,3)4;/h;;(H2,1,2,3,4);1H2. The summed E-state index contributed by atoms with van der Waals surface area (Å²) in [6.45, 7) is 0. The zero-order chi connectivity index (χ0) is 4.50. The molecule has 8 heavy (non-hydrogen) atoms. The molecule has 8 heteroatoms. The molecular weight excluding hydrogens is 206 g/mol. The molecule has 0 unspecified atom stereocenters. The van der Waals surface area contributed by atoms with E-state index in [0.29, 0.717) is 0 Å². The molecule has 0 aliphatic heterocycles. The first kappa shape index (κ1) is 22.5. The molecule has 4 N–H and O–H groups in total. The average molecular weight is 210 g/mol. The third-order valence-electron chi connectivity index (χ3n) is 0. The van der Waals surface area contributed by atoms with Crippen molar-refractivity contribution in [3.63, 3.8) is 0 Å². The van der Waals surface area contributed by atoms with Gasteiger partial charge in [0.1, 0.15) is 0 Å². The van der Waals surface area contributed by atoms with Crippen LogP contribution in [0.25, 0.3) is 0 Å². The van der Waals surface area contributed by atoms with E-state index in [1.807, 2.05) is 0 Å². The van der Waals surface area contributed by atoms with Gasteiger partial charge >= 0.3 is 0 Å². The van der Waals surface area contributed by atoms with Gasteiger partial charge in [0.05, 0.1) is 0 Å². The molecule has 0 aliphatic carbocycles. The predicted molar refractivity (Wildman–Crippen MR) is 35.9 cm³/mol. The Balaban J connectivity index is -0.0000000267. The first-order valence-corrected chi connectivity index (χ1v) is 3.10. The smallest absolute Gasteiger partial charge is 0.263 e. The number of rotatable bonds is 0. The van der Waals surface area contributed by atoms with Crippen LogP contribution >= 0.6 is 0 Å². The summed E-state index contributed by atoms with van der Waals surface area (Å²) >= 11 is 3.47. The summed E-state index contributed by atoms with van der Waals surface area (Å²) in [6.07, 6.45) is 0. The SMILES string of the molecule is O.O=S(O)(O)=S.[K].[K]. The molecule has 0 atom stereocenters. The van der Waals surface area contributed by atoms with Crippen molar-refractivity contribution >= 4 is 123 Å². The minimum absolute atomic E-state index is 0. The molecule has 0 aromatic rings. The van der Waals surface area contributed by atoms with Crippen LogP contribution in [-0.2, 0) is 20.2 Å². The summed E-state index contributed by atoms with van der Waals surface area (Å²) in [4.78, 5) is 0. The van der Waals surface area contributed by atoms with Crippen LogP contribution in [0.1, 0.15) is 0 Å². The Morgan fingerprint density at radius 1 is 1.25 bits per heavy atom. The molecule has 42 valence electrons. The van der Waals surface area contributed by atoms with Gasteiger partial charge in [-0.1, -0.05) is 0 Å². The number of hydrogen-bond donors (Lipinski definition) is 2. The van der Waals surface area contributed by atoms with Crippen LogP contribution in [-0.4, -0.2) is 122 Å². The van der Waals surface area contributed by atoms with Gasteiger partial charge in [-0.25, -0.2) is 0 Å². The maximum atomic E-state index is 9.11. The summed E-state index contributed by atoms with van der Waals surface area (Å²) in [7, 11) is -3.83. The Morgan fingerprint density at radius 2 is 1.25 bits per heavy atom. The van der Waals surface area contributed by atoms with Gasteiger partial charge in [-0.15, -0.1) is 0 Å². The average Bonchev–Trinajstić information content (AvgIpc) is 0.722. The van der Waals surface area contributed by atoms with Gasteiger partial charge in [0, 0.05) is 114 Å². The predicted octanol–water partition coefficient (Wildman–Crippen LogP) is -1.91. The summed E-state index contributed by atoms with van der Waals surface area (Å²) in [5.41, 5.74) is 0. The van der Waals surface area contributed by atoms with E-state index in [0.717, 1.165) is 0 Å². The van der Waals surface area contributed by atoms with Crippen molar-refractivity contribution < 1.29 is 18.8 Å². The van der Waals surface area contributed by atoms with Crippen LogP contribution in [0, 0.1) is 0 Å². The number of hydrogen-bond acceptors (Lipinski definition) is 2. The quantitative estimate of drug-likeness (QED) is 0.457. The summed E-state index contributed by atoms with van der Waals surface area (Å²) < 4.78 is 24.0. The van der Waals surface area contributed by atoms with Crippen molar-refractivity contribution in [2.75, 3.05) is 0 Å². The van der Waals surface area contributed by atoms with Crippen molar-refractivity contribution in [3.8, 4) is 0 Å². The van der Waals surface area contributed by atoms with Crippen LogP contribution in [0.3, 0.4) is 0 Å². The van der Waals surface area contributed by atoms with Gasteiger partial charge in [-0.05, 0) is 0 Å². The van der Waals surface area contributed by atoms with E-state index in [2.05, 4.69) is 11.2 Å². The molecule has 0 saturated heterocycles. The molecular formula is H4K2O4S2. The van der Waals surface area contributed by atoms with Crippen LogP contribution < -0.4 is 0 Å². The first-order valence-electron chi connectivity index (χ1n) is 0.698. The molecule has 0 aliphatic rings. The fourth-order valence-corrected chi connectivity index (χ4v) is 0. The normalized spacial score (nSPS) is 7.25. The summed E-state index contributed by atoms with van der Waals surface area (Å²) in [6, 6.07) is 0. The third-order valence-corrected chi connectivity index (χ3v) is 0. The third kappa shape index (κ3) is 55.7. The Hall–Kier alpha value is 3.52.